The molecule has 0 saturated carbocycles. The third-order valence-corrected chi connectivity index (χ3v) is 4.00. The van der Waals surface area contributed by atoms with E-state index in [4.69, 9.17) is 5.73 Å². The molecule has 5 heteroatoms. The lowest BCUT2D eigenvalue weighted by atomic mass is 10.1. The van der Waals surface area contributed by atoms with Crippen LogP contribution in [-0.2, 0) is 0 Å². The molecule has 0 amide bonds. The second kappa shape index (κ2) is 6.99. The summed E-state index contributed by atoms with van der Waals surface area (Å²) < 4.78 is 0. The lowest BCUT2D eigenvalue weighted by Gasteiger charge is -2.39. The van der Waals surface area contributed by atoms with Crippen LogP contribution in [0.5, 0.6) is 0 Å². The zero-order valence-electron chi connectivity index (χ0n) is 13.0. The van der Waals surface area contributed by atoms with Crippen LogP contribution in [-0.4, -0.2) is 53.6 Å². The van der Waals surface area contributed by atoms with Gasteiger partial charge in [-0.3, -0.25) is 4.90 Å². The molecule has 2 rings (SSSR count). The Hall–Kier alpha value is -1.20. The summed E-state index contributed by atoms with van der Waals surface area (Å²) in [7, 11) is 0. The summed E-state index contributed by atoms with van der Waals surface area (Å²) in [5.74, 6) is 1.92. The van der Waals surface area contributed by atoms with Gasteiger partial charge in [0.15, 0.2) is 0 Å². The van der Waals surface area contributed by atoms with Gasteiger partial charge in [-0.1, -0.05) is 13.3 Å². The van der Waals surface area contributed by atoms with Gasteiger partial charge in [0.25, 0.3) is 0 Å². The van der Waals surface area contributed by atoms with Crippen molar-refractivity contribution in [3.63, 3.8) is 0 Å². The maximum absolute atomic E-state index is 5.90. The first-order valence-corrected chi connectivity index (χ1v) is 7.65. The number of anilines is 1. The number of piperazine rings is 1. The van der Waals surface area contributed by atoms with Crippen LogP contribution in [0.3, 0.4) is 0 Å². The Bertz CT molecular complexity index is 406. The van der Waals surface area contributed by atoms with E-state index in [9.17, 15) is 0 Å². The van der Waals surface area contributed by atoms with Crippen molar-refractivity contribution in [1.82, 2.24) is 14.9 Å². The van der Waals surface area contributed by atoms with E-state index in [0.717, 1.165) is 50.1 Å². The fraction of sp³-hybridized carbons (Fsp3) is 0.733. The fourth-order valence-corrected chi connectivity index (χ4v) is 2.96. The minimum atomic E-state index is 0.538. The molecule has 1 unspecified atom stereocenters. The number of aromatic nitrogens is 2. The van der Waals surface area contributed by atoms with Gasteiger partial charge in [-0.2, -0.15) is 0 Å². The van der Waals surface area contributed by atoms with E-state index in [2.05, 4.69) is 32.8 Å². The van der Waals surface area contributed by atoms with Gasteiger partial charge in [0, 0.05) is 50.5 Å². The van der Waals surface area contributed by atoms with E-state index in [-0.39, 0.29) is 0 Å². The summed E-state index contributed by atoms with van der Waals surface area (Å²) in [4.78, 5) is 13.8. The molecular weight excluding hydrogens is 250 g/mol. The summed E-state index contributed by atoms with van der Waals surface area (Å²) in [5, 5.41) is 0. The highest BCUT2D eigenvalue weighted by atomic mass is 15.3. The molecule has 2 N–H and O–H groups in total. The van der Waals surface area contributed by atoms with E-state index in [1.54, 1.807) is 0 Å². The topological polar surface area (TPSA) is 58.3 Å². The number of nitrogens with two attached hydrogens (primary N) is 1. The van der Waals surface area contributed by atoms with E-state index in [1.807, 2.05) is 13.8 Å². The van der Waals surface area contributed by atoms with Gasteiger partial charge < -0.3 is 10.6 Å². The van der Waals surface area contributed by atoms with Crippen molar-refractivity contribution in [2.24, 2.45) is 5.73 Å². The van der Waals surface area contributed by atoms with Crippen molar-refractivity contribution in [3.05, 3.63) is 17.6 Å². The minimum Gasteiger partial charge on any atom is -0.354 e. The second-order valence-corrected chi connectivity index (χ2v) is 5.62. The van der Waals surface area contributed by atoms with Crippen molar-refractivity contribution in [2.75, 3.05) is 37.6 Å². The van der Waals surface area contributed by atoms with Gasteiger partial charge >= 0.3 is 0 Å². The highest BCUT2D eigenvalue weighted by Gasteiger charge is 2.23. The highest BCUT2D eigenvalue weighted by Crippen LogP contribution is 2.17. The Labute approximate surface area is 122 Å². The highest BCUT2D eigenvalue weighted by molar-refractivity contribution is 5.40. The van der Waals surface area contributed by atoms with Crippen LogP contribution >= 0.6 is 0 Å². The molecule has 1 aromatic rings. The number of hydrogen-bond acceptors (Lipinski definition) is 5. The molecule has 20 heavy (non-hydrogen) atoms. The number of nitrogens with zero attached hydrogens (tertiary/aromatic N) is 4. The van der Waals surface area contributed by atoms with Crippen molar-refractivity contribution in [2.45, 2.75) is 39.7 Å². The molecule has 1 atom stereocenters. The zero-order chi connectivity index (χ0) is 14.5. The average molecular weight is 277 g/mol. The van der Waals surface area contributed by atoms with Crippen LogP contribution in [0.2, 0.25) is 0 Å². The smallest absolute Gasteiger partial charge is 0.132 e. The maximum Gasteiger partial charge on any atom is 0.132 e. The van der Waals surface area contributed by atoms with Gasteiger partial charge in [-0.25, -0.2) is 9.97 Å². The van der Waals surface area contributed by atoms with E-state index < -0.39 is 0 Å². The largest absolute Gasteiger partial charge is 0.354 e. The van der Waals surface area contributed by atoms with Gasteiger partial charge in [-0.15, -0.1) is 0 Å². The van der Waals surface area contributed by atoms with Crippen LogP contribution in [0.25, 0.3) is 0 Å². The third-order valence-electron chi connectivity index (χ3n) is 4.00. The molecular formula is C15H27N5. The summed E-state index contributed by atoms with van der Waals surface area (Å²) >= 11 is 0. The molecule has 0 spiro atoms. The molecule has 1 saturated heterocycles. The molecule has 0 bridgehead atoms. The molecule has 1 aromatic heterocycles. The minimum absolute atomic E-state index is 0.538. The van der Waals surface area contributed by atoms with Crippen LogP contribution in [0.1, 0.15) is 31.3 Å². The maximum atomic E-state index is 5.90. The summed E-state index contributed by atoms with van der Waals surface area (Å²) in [5.41, 5.74) is 6.94. The molecule has 1 fully saturated rings. The normalized spacial score (nSPS) is 18.3. The molecule has 2 heterocycles. The first kappa shape index (κ1) is 15.2. The Balaban J connectivity index is 1.96. The Morgan fingerprint density at radius 1 is 1.20 bits per heavy atom. The molecule has 112 valence electrons. The molecule has 5 nitrogen and oxygen atoms in total. The molecule has 0 aromatic carbocycles. The summed E-state index contributed by atoms with van der Waals surface area (Å²) in [6, 6.07) is 2.62. The first-order valence-electron chi connectivity index (χ1n) is 7.65. The van der Waals surface area contributed by atoms with Crippen LogP contribution in [0, 0.1) is 13.8 Å². The summed E-state index contributed by atoms with van der Waals surface area (Å²) in [6.07, 6.45) is 2.40. The monoisotopic (exact) mass is 277 g/mol. The lowest BCUT2D eigenvalue weighted by molar-refractivity contribution is 0.179. The first-order chi connectivity index (χ1) is 9.63. The SMILES string of the molecule is CCCC(CN)N1CCN(c2cc(C)nc(C)n2)CC1. The molecule has 1 aliphatic rings. The third kappa shape index (κ3) is 3.67. The van der Waals surface area contributed by atoms with Crippen molar-refractivity contribution in [3.8, 4) is 0 Å². The lowest BCUT2D eigenvalue weighted by Crippen LogP contribution is -2.52. The van der Waals surface area contributed by atoms with Crippen LogP contribution in [0.15, 0.2) is 6.07 Å². The van der Waals surface area contributed by atoms with E-state index in [1.165, 1.54) is 12.8 Å². The van der Waals surface area contributed by atoms with Crippen molar-refractivity contribution in [1.29, 1.82) is 0 Å². The quantitative estimate of drug-likeness (QED) is 0.880. The predicted molar refractivity (Wildman–Crippen MR) is 83.0 cm³/mol. The van der Waals surface area contributed by atoms with Crippen molar-refractivity contribution >= 4 is 5.82 Å². The molecule has 0 radical (unpaired) electrons. The van der Waals surface area contributed by atoms with Gasteiger partial charge in [0.05, 0.1) is 0 Å². The van der Waals surface area contributed by atoms with Gasteiger partial charge in [0.1, 0.15) is 11.6 Å². The molecule has 1 aliphatic heterocycles. The summed E-state index contributed by atoms with van der Waals surface area (Å²) in [6.45, 7) is 11.2. The fourth-order valence-electron chi connectivity index (χ4n) is 2.96. The Kier molecular flexibility index (Phi) is 5.31. The zero-order valence-corrected chi connectivity index (χ0v) is 13.0. The van der Waals surface area contributed by atoms with Gasteiger partial charge in [0.2, 0.25) is 0 Å². The Morgan fingerprint density at radius 3 is 2.45 bits per heavy atom. The number of rotatable bonds is 5. The van der Waals surface area contributed by atoms with Gasteiger partial charge in [-0.05, 0) is 20.3 Å². The van der Waals surface area contributed by atoms with Crippen molar-refractivity contribution < 1.29 is 0 Å². The standard InChI is InChI=1S/C15H27N5/c1-4-5-14(11-16)19-6-8-20(9-7-19)15-10-12(2)17-13(3)18-15/h10,14H,4-9,11,16H2,1-3H3. The number of hydrogen-bond donors (Lipinski definition) is 1. The predicted octanol–water partition coefficient (Wildman–Crippen LogP) is 1.34. The van der Waals surface area contributed by atoms with Crippen LogP contribution in [0.4, 0.5) is 5.82 Å². The Morgan fingerprint density at radius 2 is 1.90 bits per heavy atom. The molecule has 0 aliphatic carbocycles. The number of aryl methyl sites for hydroxylation is 2. The second-order valence-electron chi connectivity index (χ2n) is 5.62. The van der Waals surface area contributed by atoms with Crippen LogP contribution < -0.4 is 10.6 Å². The average Bonchev–Trinajstić information content (AvgIpc) is 2.44. The van der Waals surface area contributed by atoms with E-state index >= 15 is 0 Å². The van der Waals surface area contributed by atoms with E-state index in [0.29, 0.717) is 6.04 Å².